The average molecular weight is 427 g/mol. The van der Waals surface area contributed by atoms with Gasteiger partial charge in [-0.1, -0.05) is 34.1 Å². The number of carbonyl (C=O) groups excluding carboxylic acids is 1. The van der Waals surface area contributed by atoms with Crippen LogP contribution in [0, 0.1) is 5.92 Å². The van der Waals surface area contributed by atoms with Crippen LogP contribution < -0.4 is 10.6 Å². The molecule has 2 aliphatic heterocycles. The van der Waals surface area contributed by atoms with E-state index in [4.69, 9.17) is 15.0 Å². The number of carboxylic acids is 2. The molecule has 0 saturated carbocycles. The van der Waals surface area contributed by atoms with Crippen molar-refractivity contribution in [3.8, 4) is 0 Å². The van der Waals surface area contributed by atoms with Crippen LogP contribution in [0.15, 0.2) is 0 Å². The van der Waals surface area contributed by atoms with Crippen LogP contribution in [0.3, 0.4) is 0 Å². The molecule has 2 saturated heterocycles. The van der Waals surface area contributed by atoms with Crippen molar-refractivity contribution in [1.29, 1.82) is 0 Å². The highest BCUT2D eigenvalue weighted by atomic mass is 32.1. The quantitative estimate of drug-likeness (QED) is 0.345. The average Bonchev–Trinajstić information content (AvgIpc) is 2.79. The highest BCUT2D eigenvalue weighted by Gasteiger charge is 2.18. The number of carboxylic acid groups (broad SMARTS) is 2. The minimum atomic E-state index is -0.881. The fraction of sp³-hybridized carbons (Fsp3) is 0.842. The molecule has 2 fully saturated rings. The lowest BCUT2D eigenvalue weighted by molar-refractivity contribution is -0.142. The van der Waals surface area contributed by atoms with Crippen molar-refractivity contribution < 1.29 is 29.3 Å². The third kappa shape index (κ3) is 35.7. The van der Waals surface area contributed by atoms with Gasteiger partial charge in [-0.3, -0.25) is 14.4 Å². The van der Waals surface area contributed by atoms with Gasteiger partial charge in [0.1, 0.15) is 0 Å². The van der Waals surface area contributed by atoms with Crippen molar-refractivity contribution >= 4 is 31.0 Å². The van der Waals surface area contributed by atoms with E-state index < -0.39 is 11.9 Å². The van der Waals surface area contributed by atoms with E-state index in [0.717, 1.165) is 19.4 Å². The van der Waals surface area contributed by atoms with Crippen molar-refractivity contribution in [3.05, 3.63) is 0 Å². The summed E-state index contributed by atoms with van der Waals surface area (Å²) in [5, 5.41) is 22.5. The highest BCUT2D eigenvalue weighted by molar-refractivity contribution is 7.81. The van der Waals surface area contributed by atoms with E-state index >= 15 is 0 Å². The molecule has 0 radical (unpaired) electrons. The molecular weight excluding hydrogens is 384 g/mol. The van der Waals surface area contributed by atoms with Gasteiger partial charge in [0.2, 0.25) is 0 Å². The molecule has 2 rings (SSSR count). The molecule has 170 valence electrons. The lowest BCUT2D eigenvalue weighted by Crippen LogP contribution is -2.34. The molecule has 28 heavy (non-hydrogen) atoms. The number of thiol groups is 1. The number of piperidine rings is 2. The Hall–Kier alpha value is -1.32. The first-order valence-electron chi connectivity index (χ1n) is 9.92. The molecule has 0 aliphatic carbocycles. The van der Waals surface area contributed by atoms with Crippen LogP contribution in [0.25, 0.3) is 0 Å². The fourth-order valence-electron chi connectivity index (χ4n) is 1.86. The predicted molar refractivity (Wildman–Crippen MR) is 117 cm³/mol. The second-order valence-corrected chi connectivity index (χ2v) is 5.39. The molecule has 0 aromatic rings. The Morgan fingerprint density at radius 2 is 1.43 bits per heavy atom. The van der Waals surface area contributed by atoms with Gasteiger partial charge in [-0.25, -0.2) is 0 Å². The summed E-state index contributed by atoms with van der Waals surface area (Å²) in [6, 6.07) is 0. The molecule has 2 aliphatic rings. The molecule has 8 nitrogen and oxygen atoms in total. The van der Waals surface area contributed by atoms with E-state index in [1.165, 1.54) is 39.5 Å². The van der Waals surface area contributed by atoms with E-state index in [1.54, 1.807) is 0 Å². The summed E-state index contributed by atoms with van der Waals surface area (Å²) in [5.74, 6) is -1.77. The van der Waals surface area contributed by atoms with Gasteiger partial charge in [0.05, 0.1) is 18.8 Å². The largest absolute Gasteiger partial charge is 0.481 e. The van der Waals surface area contributed by atoms with Crippen molar-refractivity contribution in [3.63, 3.8) is 0 Å². The summed E-state index contributed by atoms with van der Waals surface area (Å²) in [6.45, 7) is 12.5. The zero-order chi connectivity index (χ0) is 22.6. The Kier molecular flexibility index (Phi) is 40.7. The summed E-state index contributed by atoms with van der Waals surface area (Å²) < 4.78 is 3.86. The van der Waals surface area contributed by atoms with Crippen LogP contribution in [0.1, 0.15) is 59.8 Å². The van der Waals surface area contributed by atoms with E-state index in [9.17, 15) is 9.59 Å². The molecule has 4 N–H and O–H groups in total. The number of aliphatic carboxylic acids is 2. The normalized spacial score (nSPS) is 16.6. The lowest BCUT2D eigenvalue weighted by Gasteiger charge is -2.18. The van der Waals surface area contributed by atoms with Gasteiger partial charge in [0.25, 0.3) is 6.47 Å². The zero-order valence-corrected chi connectivity index (χ0v) is 19.1. The number of nitrogens with one attached hydrogen (secondary N) is 2. The highest BCUT2D eigenvalue weighted by Crippen LogP contribution is 2.08. The van der Waals surface area contributed by atoms with E-state index in [0.29, 0.717) is 13.0 Å². The number of hydrogen-bond donors (Lipinski definition) is 5. The van der Waals surface area contributed by atoms with Crippen molar-refractivity contribution in [2.24, 2.45) is 5.92 Å². The smallest absolute Gasteiger partial charge is 0.313 e. The minimum Gasteiger partial charge on any atom is -0.481 e. The Balaban J connectivity index is -0.000000135. The predicted octanol–water partition coefficient (Wildman–Crippen LogP) is 2.67. The molecule has 0 spiro atoms. The van der Waals surface area contributed by atoms with Crippen LogP contribution in [0.4, 0.5) is 0 Å². The molecule has 9 heteroatoms. The zero-order valence-electron chi connectivity index (χ0n) is 18.2. The van der Waals surface area contributed by atoms with Crippen LogP contribution in [0.5, 0.6) is 0 Å². The number of rotatable bonds is 3. The summed E-state index contributed by atoms with van der Waals surface area (Å²) in [4.78, 5) is 28.6. The second-order valence-electron chi connectivity index (χ2n) is 5.08. The monoisotopic (exact) mass is 426 g/mol. The van der Waals surface area contributed by atoms with Gasteiger partial charge in [0, 0.05) is 6.54 Å². The third-order valence-electron chi connectivity index (χ3n) is 3.08. The maximum atomic E-state index is 10.3. The number of ether oxygens (including phenoxy) is 1. The SMILES string of the molecule is C1CCNCC1.CC.CC.COC=O.O=C(O)CS.O=C(O)[C@@H]1CCCNC1. The topological polar surface area (TPSA) is 125 Å². The van der Waals surface area contributed by atoms with Gasteiger partial charge >= 0.3 is 11.9 Å². The van der Waals surface area contributed by atoms with Gasteiger partial charge < -0.3 is 25.6 Å². The molecule has 0 unspecified atom stereocenters. The number of methoxy groups -OCH3 is 1. The maximum Gasteiger partial charge on any atom is 0.313 e. The minimum absolute atomic E-state index is 0.0833. The van der Waals surface area contributed by atoms with Crippen molar-refractivity contribution in [1.82, 2.24) is 10.6 Å². The summed E-state index contributed by atoms with van der Waals surface area (Å²) in [6.07, 6.45) is 6.05. The van der Waals surface area contributed by atoms with Crippen LogP contribution in [-0.4, -0.2) is 67.7 Å². The van der Waals surface area contributed by atoms with E-state index in [2.05, 4.69) is 28.0 Å². The summed E-state index contributed by atoms with van der Waals surface area (Å²) in [5.41, 5.74) is 0. The maximum absolute atomic E-state index is 10.3. The van der Waals surface area contributed by atoms with Crippen molar-refractivity contribution in [2.75, 3.05) is 39.0 Å². The first-order chi connectivity index (χ1) is 13.5. The van der Waals surface area contributed by atoms with Gasteiger partial charge in [-0.2, -0.15) is 12.6 Å². The first-order valence-corrected chi connectivity index (χ1v) is 10.6. The van der Waals surface area contributed by atoms with Gasteiger partial charge in [0.15, 0.2) is 0 Å². The van der Waals surface area contributed by atoms with Gasteiger partial charge in [-0.05, 0) is 45.3 Å². The van der Waals surface area contributed by atoms with E-state index in [1.807, 2.05) is 27.7 Å². The molecule has 0 bridgehead atoms. The Morgan fingerprint density at radius 3 is 1.57 bits per heavy atom. The Labute approximate surface area is 176 Å². The van der Waals surface area contributed by atoms with Crippen LogP contribution in [-0.2, 0) is 19.1 Å². The third-order valence-corrected chi connectivity index (χ3v) is 3.36. The first kappa shape index (κ1) is 34.2. The Morgan fingerprint density at radius 1 is 1.00 bits per heavy atom. The molecule has 0 aromatic heterocycles. The standard InChI is InChI=1S/C6H11NO2.C5H11N.C2H4O2S.C2H4O2.2C2H6/c8-6(9)5-2-1-3-7-4-5;1-2-4-6-5-3-1;3-2(4)1-5;1-4-2-3;2*1-2/h5,7H,1-4H2,(H,8,9);6H,1-5H2;5H,1H2,(H,3,4);2H,1H3;2*1-2H3/t5-;;;;;/m1...../s1. The van der Waals surface area contributed by atoms with Crippen molar-refractivity contribution in [2.45, 2.75) is 59.8 Å². The van der Waals surface area contributed by atoms with E-state index in [-0.39, 0.29) is 11.7 Å². The molecule has 0 amide bonds. The fourth-order valence-corrected chi connectivity index (χ4v) is 1.86. The Bertz CT molecular complexity index is 312. The summed E-state index contributed by atoms with van der Waals surface area (Å²) in [7, 11) is 1.31. The van der Waals surface area contributed by atoms with Crippen LogP contribution in [0.2, 0.25) is 0 Å². The number of hydrogen-bond acceptors (Lipinski definition) is 7. The molecule has 1 atom stereocenters. The van der Waals surface area contributed by atoms with Crippen LogP contribution >= 0.6 is 12.6 Å². The molecule has 0 aromatic carbocycles. The number of carbonyl (C=O) groups is 3. The second kappa shape index (κ2) is 33.3. The summed E-state index contributed by atoms with van der Waals surface area (Å²) >= 11 is 3.42. The molecule has 2 heterocycles. The lowest BCUT2D eigenvalue weighted by atomic mass is 10.0. The van der Waals surface area contributed by atoms with Gasteiger partial charge in [-0.15, -0.1) is 0 Å². The molecular formula is C19H42N2O6S.